The number of likely N-dealkylation sites (tertiary alicyclic amines) is 1. The normalized spacial score (nSPS) is 16.5. The second-order valence-corrected chi connectivity index (χ2v) is 10.1. The van der Waals surface area contributed by atoms with Gasteiger partial charge in [-0.15, -0.1) is 5.69 Å². The molecule has 1 aliphatic rings. The largest absolute Gasteiger partial charge is 3.00 e. The van der Waals surface area contributed by atoms with Gasteiger partial charge in [0.25, 0.3) is 0 Å². The minimum atomic E-state index is -1.31. The van der Waals surface area contributed by atoms with E-state index in [9.17, 15) is 14.7 Å². The zero-order valence-electron chi connectivity index (χ0n) is 20.4. The molecule has 0 bridgehead atoms. The SMILES string of the molecule is C[C@H](N=C(c1ccccc1)c1cc(Cl)ccc1[N-]C(=O)[C@@H]1CCCN1Cc1ccc(Cl)c(Cl)c1)C(=O)[O-].[Ni+3]. The number of aliphatic imine (C=N–C) groups is 1. The van der Waals surface area contributed by atoms with E-state index in [4.69, 9.17) is 34.8 Å². The molecular formula is C28H24Cl3N3NiO3+. The second kappa shape index (κ2) is 13.6. The molecular weight excluding hydrogens is 591 g/mol. The Hall–Kier alpha value is -2.41. The average Bonchev–Trinajstić information content (AvgIpc) is 3.34. The minimum Gasteiger partial charge on any atom is -0.625 e. The summed E-state index contributed by atoms with van der Waals surface area (Å²) < 4.78 is 0. The summed E-state index contributed by atoms with van der Waals surface area (Å²) in [4.78, 5) is 31.4. The van der Waals surface area contributed by atoms with Crippen LogP contribution in [0.5, 0.6) is 0 Å². The van der Waals surface area contributed by atoms with E-state index in [0.717, 1.165) is 18.5 Å². The number of amides is 1. The van der Waals surface area contributed by atoms with Crippen molar-refractivity contribution in [3.05, 3.63) is 104 Å². The van der Waals surface area contributed by atoms with Crippen molar-refractivity contribution in [2.75, 3.05) is 6.54 Å². The van der Waals surface area contributed by atoms with Gasteiger partial charge in [-0.2, -0.15) is 0 Å². The fraction of sp³-hybridized carbons (Fsp3) is 0.250. The Morgan fingerprint density at radius 1 is 1.05 bits per heavy atom. The van der Waals surface area contributed by atoms with Crippen LogP contribution >= 0.6 is 34.8 Å². The monoisotopic (exact) mass is 613 g/mol. The van der Waals surface area contributed by atoms with Crippen LogP contribution in [-0.4, -0.2) is 41.1 Å². The number of carboxylic acids is 1. The van der Waals surface area contributed by atoms with Gasteiger partial charge in [0.1, 0.15) is 0 Å². The predicted octanol–water partition coefficient (Wildman–Crippen LogP) is 5.82. The quantitative estimate of drug-likeness (QED) is 0.236. The van der Waals surface area contributed by atoms with E-state index in [-0.39, 0.29) is 22.4 Å². The minimum absolute atomic E-state index is 0. The van der Waals surface area contributed by atoms with Crippen molar-refractivity contribution < 1.29 is 31.2 Å². The Balaban J connectivity index is 0.00000400. The van der Waals surface area contributed by atoms with Gasteiger partial charge < -0.3 is 20.0 Å². The van der Waals surface area contributed by atoms with Crippen LogP contribution in [0.3, 0.4) is 0 Å². The summed E-state index contributed by atoms with van der Waals surface area (Å²) >= 11 is 18.5. The van der Waals surface area contributed by atoms with E-state index in [1.807, 2.05) is 36.4 Å². The van der Waals surface area contributed by atoms with Crippen molar-refractivity contribution >= 4 is 58.1 Å². The van der Waals surface area contributed by atoms with Gasteiger partial charge in [-0.1, -0.05) is 77.3 Å². The Kier molecular flexibility index (Phi) is 10.8. The number of aliphatic carboxylic acids is 1. The van der Waals surface area contributed by atoms with Crippen molar-refractivity contribution in [1.82, 2.24) is 4.90 Å². The second-order valence-electron chi connectivity index (χ2n) is 8.83. The molecule has 0 N–H and O–H groups in total. The Morgan fingerprint density at radius 3 is 2.47 bits per heavy atom. The number of halogens is 3. The molecule has 1 fully saturated rings. The molecule has 1 saturated heterocycles. The molecule has 0 saturated carbocycles. The van der Waals surface area contributed by atoms with Gasteiger partial charge in [0.2, 0.25) is 0 Å². The zero-order valence-corrected chi connectivity index (χ0v) is 23.6. The van der Waals surface area contributed by atoms with E-state index in [1.54, 1.807) is 30.3 Å². The number of carbonyl (C=O) groups is 2. The third kappa shape index (κ3) is 7.37. The maximum absolute atomic E-state index is 13.4. The van der Waals surface area contributed by atoms with Crippen molar-refractivity contribution in [2.24, 2.45) is 4.99 Å². The molecule has 1 radical (unpaired) electrons. The number of benzene rings is 3. The summed E-state index contributed by atoms with van der Waals surface area (Å²) in [5.74, 6) is -1.60. The molecule has 0 spiro atoms. The van der Waals surface area contributed by atoms with Gasteiger partial charge in [-0.3, -0.25) is 9.89 Å². The molecule has 10 heteroatoms. The van der Waals surface area contributed by atoms with Crippen LogP contribution in [0.1, 0.15) is 36.5 Å². The molecule has 1 aliphatic heterocycles. The molecule has 0 aliphatic carbocycles. The summed E-state index contributed by atoms with van der Waals surface area (Å²) in [6.07, 6.45) is 1.54. The van der Waals surface area contributed by atoms with E-state index >= 15 is 0 Å². The van der Waals surface area contributed by atoms with Crippen molar-refractivity contribution in [3.8, 4) is 0 Å². The maximum Gasteiger partial charge on any atom is 3.00 e. The van der Waals surface area contributed by atoms with Crippen LogP contribution in [0.15, 0.2) is 71.7 Å². The van der Waals surface area contributed by atoms with E-state index in [2.05, 4.69) is 15.2 Å². The molecule has 2 atom stereocenters. The van der Waals surface area contributed by atoms with E-state index in [0.29, 0.717) is 50.6 Å². The maximum atomic E-state index is 13.4. The molecule has 1 heterocycles. The van der Waals surface area contributed by atoms with Gasteiger partial charge in [-0.05, 0) is 61.7 Å². The van der Waals surface area contributed by atoms with Crippen LogP contribution in [0, 0.1) is 0 Å². The van der Waals surface area contributed by atoms with E-state index in [1.165, 1.54) is 6.92 Å². The molecule has 4 rings (SSSR count). The summed E-state index contributed by atoms with van der Waals surface area (Å²) in [5.41, 5.74) is 2.82. The van der Waals surface area contributed by atoms with Gasteiger partial charge >= 0.3 is 16.5 Å². The van der Waals surface area contributed by atoms with Gasteiger partial charge in [0, 0.05) is 17.1 Å². The van der Waals surface area contributed by atoms with Crippen molar-refractivity contribution in [2.45, 2.75) is 38.4 Å². The van der Waals surface area contributed by atoms with Crippen LogP contribution in [0.2, 0.25) is 15.1 Å². The van der Waals surface area contributed by atoms with Crippen molar-refractivity contribution in [3.63, 3.8) is 0 Å². The van der Waals surface area contributed by atoms with Gasteiger partial charge in [0.15, 0.2) is 0 Å². The molecule has 0 unspecified atom stereocenters. The Bertz CT molecular complexity index is 1340. The smallest absolute Gasteiger partial charge is 0.625 e. The summed E-state index contributed by atoms with van der Waals surface area (Å²) in [6, 6.07) is 18.0. The average molecular weight is 616 g/mol. The topological polar surface area (TPSA) is 86.9 Å². The number of carbonyl (C=O) groups excluding carboxylic acids is 2. The number of carboxylic acid groups (broad SMARTS) is 1. The molecule has 6 nitrogen and oxygen atoms in total. The number of rotatable bonds is 8. The molecule has 1 amide bonds. The molecule has 3 aromatic carbocycles. The van der Waals surface area contributed by atoms with Crippen LogP contribution in [0.4, 0.5) is 5.69 Å². The number of hydrogen-bond acceptors (Lipinski definition) is 5. The first-order chi connectivity index (χ1) is 17.7. The van der Waals surface area contributed by atoms with Crippen LogP contribution in [-0.2, 0) is 32.6 Å². The van der Waals surface area contributed by atoms with Crippen LogP contribution < -0.4 is 5.11 Å². The standard InChI is InChI=1S/C28H26Cl3N3O3.Ni/c1-17(28(36)37)32-26(19-6-3-2-4-7-19)21-15-20(29)10-12-24(21)33-27(35)25-8-5-13-34(25)16-18-9-11-22(30)23(31)14-18;/h2-4,6-7,9-12,14-15,17,25H,5,8,13,16H2,1H3,(H2,32,33,35,36,37);/q;+3/p-2/t17-,25-;/m0./s1. The number of nitrogens with zero attached hydrogens (tertiary/aromatic N) is 3. The van der Waals surface area contributed by atoms with Gasteiger partial charge in [0.05, 0.1) is 39.7 Å². The fourth-order valence-corrected chi connectivity index (χ4v) is 4.79. The number of hydrogen-bond donors (Lipinski definition) is 0. The third-order valence-corrected chi connectivity index (χ3v) is 7.15. The Morgan fingerprint density at radius 2 is 1.79 bits per heavy atom. The third-order valence-electron chi connectivity index (χ3n) is 6.17. The van der Waals surface area contributed by atoms with Crippen molar-refractivity contribution in [1.29, 1.82) is 0 Å². The summed E-state index contributed by atoms with van der Waals surface area (Å²) in [5, 5.41) is 17.3. The molecule has 3 aromatic rings. The van der Waals surface area contributed by atoms with E-state index < -0.39 is 18.1 Å². The zero-order chi connectivity index (χ0) is 26.5. The molecule has 0 aromatic heterocycles. The first-order valence-corrected chi connectivity index (χ1v) is 12.9. The Labute approximate surface area is 246 Å². The predicted molar refractivity (Wildman–Crippen MR) is 146 cm³/mol. The fourth-order valence-electron chi connectivity index (χ4n) is 4.30. The molecule has 38 heavy (non-hydrogen) atoms. The summed E-state index contributed by atoms with van der Waals surface area (Å²) in [7, 11) is 0. The van der Waals surface area contributed by atoms with Crippen LogP contribution in [0.25, 0.3) is 5.32 Å². The first-order valence-electron chi connectivity index (χ1n) is 11.8. The molecule has 199 valence electrons. The van der Waals surface area contributed by atoms with Gasteiger partial charge in [-0.25, -0.2) is 0 Å². The summed E-state index contributed by atoms with van der Waals surface area (Å²) in [6.45, 7) is 2.72. The first kappa shape index (κ1) is 30.1.